The van der Waals surface area contributed by atoms with E-state index < -0.39 is 0 Å². The van der Waals surface area contributed by atoms with Crippen molar-refractivity contribution in [1.29, 1.82) is 0 Å². The molecule has 15 heteroatoms. The Labute approximate surface area is 305 Å². The monoisotopic (exact) mass is 736 g/mol. The van der Waals surface area contributed by atoms with Crippen molar-refractivity contribution in [3.8, 4) is 34.5 Å². The maximum atomic E-state index is 9.99. The summed E-state index contributed by atoms with van der Waals surface area (Å²) in [6.07, 6.45) is 0. The van der Waals surface area contributed by atoms with Gasteiger partial charge in [-0.15, -0.1) is 0 Å². The van der Waals surface area contributed by atoms with Crippen molar-refractivity contribution in [3.05, 3.63) is 71.3 Å². The quantitative estimate of drug-likeness (QED) is 0.0737. The van der Waals surface area contributed by atoms with Gasteiger partial charge >= 0.3 is 0 Å². The fourth-order valence-electron chi connectivity index (χ4n) is 4.23. The van der Waals surface area contributed by atoms with Crippen molar-refractivity contribution in [1.82, 2.24) is 0 Å². The number of aliphatic hydroxyl groups is 1. The number of rotatable bonds is 31. The third-order valence-electron chi connectivity index (χ3n) is 6.78. The van der Waals surface area contributed by atoms with E-state index in [1.165, 1.54) is 0 Å². The molecule has 1 N–H and O–H groups in total. The summed E-state index contributed by atoms with van der Waals surface area (Å²) in [5.74, 6) is 3.08. The molecular formula is C37H52O15. The van der Waals surface area contributed by atoms with Gasteiger partial charge in [0.2, 0.25) is 0 Å². The van der Waals surface area contributed by atoms with Crippen LogP contribution in [-0.2, 0) is 57.7 Å². The molecule has 290 valence electrons. The van der Waals surface area contributed by atoms with E-state index in [0.29, 0.717) is 92.9 Å². The highest BCUT2D eigenvalue weighted by Gasteiger charge is 2.10. The van der Waals surface area contributed by atoms with Crippen LogP contribution in [0.4, 0.5) is 0 Å². The van der Waals surface area contributed by atoms with Gasteiger partial charge in [-0.1, -0.05) is 0 Å². The number of aliphatic hydroxyl groups excluding tert-OH is 1. The summed E-state index contributed by atoms with van der Waals surface area (Å²) >= 11 is 0. The highest BCUT2D eigenvalue weighted by Crippen LogP contribution is 2.29. The Hall–Kier alpha value is -3.90. The van der Waals surface area contributed by atoms with Gasteiger partial charge in [-0.2, -0.15) is 0 Å². The fraction of sp³-hybridized carbons (Fsp3) is 0.514. The van der Waals surface area contributed by atoms with Gasteiger partial charge < -0.3 is 71.4 Å². The smallest absolute Gasteiger partial charge is 0.189 e. The molecule has 0 bridgehead atoms. The minimum Gasteiger partial charge on any atom is -0.489 e. The van der Waals surface area contributed by atoms with Crippen molar-refractivity contribution in [2.24, 2.45) is 0 Å². The maximum absolute atomic E-state index is 9.99. The minimum absolute atomic E-state index is 0.0314. The van der Waals surface area contributed by atoms with E-state index in [1.807, 2.05) is 24.3 Å². The first-order chi connectivity index (χ1) is 25.6. The van der Waals surface area contributed by atoms with E-state index in [9.17, 15) is 5.11 Å². The summed E-state index contributed by atoms with van der Waals surface area (Å²) in [5, 5.41) is 9.99. The summed E-state index contributed by atoms with van der Waals surface area (Å²) in [6.45, 7) is 3.63. The number of methoxy groups -OCH3 is 4. The zero-order chi connectivity index (χ0) is 37.1. The van der Waals surface area contributed by atoms with Crippen molar-refractivity contribution in [2.45, 2.75) is 19.8 Å². The number of hydrogen-bond donors (Lipinski definition) is 1. The molecule has 0 radical (unpaired) electrons. The Morgan fingerprint density at radius 2 is 0.615 bits per heavy atom. The molecule has 0 unspecified atom stereocenters. The summed E-state index contributed by atoms with van der Waals surface area (Å²) in [5.41, 5.74) is 2.14. The molecule has 0 aromatic heterocycles. The lowest BCUT2D eigenvalue weighted by Gasteiger charge is -2.15. The van der Waals surface area contributed by atoms with Crippen LogP contribution in [0.2, 0.25) is 0 Å². The molecule has 15 nitrogen and oxygen atoms in total. The zero-order valence-corrected chi connectivity index (χ0v) is 30.5. The van der Waals surface area contributed by atoms with Crippen molar-refractivity contribution >= 4 is 0 Å². The van der Waals surface area contributed by atoms with Gasteiger partial charge in [0.25, 0.3) is 0 Å². The highest BCUT2D eigenvalue weighted by molar-refractivity contribution is 5.42. The second-order valence-electron chi connectivity index (χ2n) is 10.8. The molecule has 0 atom stereocenters. The van der Waals surface area contributed by atoms with E-state index in [-0.39, 0.29) is 47.0 Å². The van der Waals surface area contributed by atoms with Crippen molar-refractivity contribution in [2.75, 3.05) is 108 Å². The van der Waals surface area contributed by atoms with Crippen LogP contribution in [0.1, 0.15) is 16.7 Å². The predicted octanol–water partition coefficient (Wildman–Crippen LogP) is 4.33. The van der Waals surface area contributed by atoms with Crippen LogP contribution in [0.25, 0.3) is 0 Å². The van der Waals surface area contributed by atoms with Crippen LogP contribution < -0.4 is 28.4 Å². The van der Waals surface area contributed by atoms with Gasteiger partial charge in [-0.25, -0.2) is 0 Å². The molecule has 0 saturated heterocycles. The summed E-state index contributed by atoms with van der Waals surface area (Å²) in [6, 6.07) is 16.0. The summed E-state index contributed by atoms with van der Waals surface area (Å²) in [4.78, 5) is 0. The van der Waals surface area contributed by atoms with Crippen molar-refractivity contribution < 1.29 is 71.4 Å². The first kappa shape index (κ1) is 42.5. The molecule has 0 spiro atoms. The van der Waals surface area contributed by atoms with Gasteiger partial charge in [0.15, 0.2) is 27.2 Å². The minimum atomic E-state index is -0.214. The van der Waals surface area contributed by atoms with Crippen LogP contribution in [0.15, 0.2) is 54.6 Å². The van der Waals surface area contributed by atoms with E-state index in [1.54, 1.807) is 58.8 Å². The number of benzene rings is 3. The molecule has 3 aromatic rings. The maximum Gasteiger partial charge on any atom is 0.189 e. The van der Waals surface area contributed by atoms with Gasteiger partial charge in [-0.05, 0) is 53.1 Å². The molecule has 3 aromatic carbocycles. The van der Waals surface area contributed by atoms with Crippen LogP contribution in [0, 0.1) is 0 Å². The summed E-state index contributed by atoms with van der Waals surface area (Å²) in [7, 11) is 6.41. The predicted molar refractivity (Wildman–Crippen MR) is 187 cm³/mol. The zero-order valence-electron chi connectivity index (χ0n) is 30.5. The van der Waals surface area contributed by atoms with Gasteiger partial charge in [-0.3, -0.25) is 0 Å². The van der Waals surface area contributed by atoms with E-state index >= 15 is 0 Å². The topological polar surface area (TPSA) is 149 Å². The van der Waals surface area contributed by atoms with E-state index in [0.717, 1.165) is 11.1 Å². The lowest BCUT2D eigenvalue weighted by atomic mass is 10.2. The molecule has 0 aliphatic carbocycles. The Morgan fingerprint density at radius 1 is 0.346 bits per heavy atom. The van der Waals surface area contributed by atoms with Crippen LogP contribution in [0.5, 0.6) is 34.5 Å². The molecule has 52 heavy (non-hydrogen) atoms. The first-order valence-corrected chi connectivity index (χ1v) is 16.6. The number of ether oxygens (including phenoxy) is 14. The molecule has 0 fully saturated rings. The Kier molecular flexibility index (Phi) is 21.9. The van der Waals surface area contributed by atoms with Gasteiger partial charge in [0.1, 0.15) is 47.7 Å². The molecule has 3 rings (SSSR count). The van der Waals surface area contributed by atoms with Gasteiger partial charge in [0.05, 0.1) is 59.5 Å². The van der Waals surface area contributed by atoms with Gasteiger partial charge in [0, 0.05) is 46.6 Å². The lowest BCUT2D eigenvalue weighted by molar-refractivity contribution is -0.0119. The first-order valence-electron chi connectivity index (χ1n) is 16.6. The molecule has 0 aliphatic heterocycles. The third-order valence-corrected chi connectivity index (χ3v) is 6.78. The van der Waals surface area contributed by atoms with Crippen LogP contribution >= 0.6 is 0 Å². The number of hydrogen-bond acceptors (Lipinski definition) is 15. The normalized spacial score (nSPS) is 11.0. The molecule has 0 amide bonds. The molecule has 0 saturated carbocycles. The Balaban J connectivity index is 1.69. The third kappa shape index (κ3) is 18.0. The largest absolute Gasteiger partial charge is 0.489 e. The average molecular weight is 737 g/mol. The second kappa shape index (κ2) is 26.8. The van der Waals surface area contributed by atoms with Crippen LogP contribution in [-0.4, -0.2) is 114 Å². The summed E-state index contributed by atoms with van der Waals surface area (Å²) < 4.78 is 77.3. The average Bonchev–Trinajstić information content (AvgIpc) is 3.16. The lowest BCUT2D eigenvalue weighted by Crippen LogP contribution is -2.10. The molecular weight excluding hydrogens is 684 g/mol. The fourth-order valence-corrected chi connectivity index (χ4v) is 4.23. The van der Waals surface area contributed by atoms with Crippen molar-refractivity contribution in [3.63, 3.8) is 0 Å². The molecule has 0 heterocycles. The second-order valence-corrected chi connectivity index (χ2v) is 10.8. The Morgan fingerprint density at radius 3 is 0.885 bits per heavy atom. The highest BCUT2D eigenvalue weighted by atomic mass is 16.7. The SMILES string of the molecule is COCCOCOc1cc(COc2cc(CO)cc(OCc3cc(OCOCCOC)cc(OCOCCOC)c3)c2)cc(OCOCCOC)c1. The van der Waals surface area contributed by atoms with E-state index in [4.69, 9.17) is 66.3 Å². The van der Waals surface area contributed by atoms with Crippen LogP contribution in [0.3, 0.4) is 0 Å². The molecule has 0 aliphatic rings. The van der Waals surface area contributed by atoms with E-state index in [2.05, 4.69) is 0 Å². The Bertz CT molecular complexity index is 1210. The standard InChI is InChI=1S/C37H52O15/c1-39-5-9-43-25-49-34-15-30(16-35(20-34)50-26-44-10-6-40-2)23-47-32-13-29(22-38)14-33(19-32)48-24-31-17-36(51-27-45-11-7-41-3)21-37(18-31)52-28-46-12-8-42-4/h13-21,38H,5-12,22-28H2,1-4H3.